The molecule has 94 valence electrons. The quantitative estimate of drug-likeness (QED) is 0.816. The molecule has 2 rings (SSSR count). The van der Waals surface area contributed by atoms with Gasteiger partial charge in [0.25, 0.3) is 0 Å². The maximum absolute atomic E-state index is 8.94. The number of aryl methyl sites for hydroxylation is 2. The highest BCUT2D eigenvalue weighted by molar-refractivity contribution is 5.29. The standard InChI is InChI=1S/C15H23NO/c1-12-4-5-14(10-13(12)2)11-16(8-3-9-17)15-6-7-15/h4-5,10,15,17H,3,6-9,11H2,1-2H3. The molecule has 1 N–H and O–H groups in total. The summed E-state index contributed by atoms with van der Waals surface area (Å²) >= 11 is 0. The van der Waals surface area contributed by atoms with Crippen molar-refractivity contribution < 1.29 is 5.11 Å². The highest BCUT2D eigenvalue weighted by Crippen LogP contribution is 2.28. The van der Waals surface area contributed by atoms with E-state index in [1.807, 2.05) is 0 Å². The van der Waals surface area contributed by atoms with Gasteiger partial charge in [-0.05, 0) is 49.8 Å². The molecule has 2 nitrogen and oxygen atoms in total. The third-order valence-electron chi connectivity index (χ3n) is 3.62. The summed E-state index contributed by atoms with van der Waals surface area (Å²) in [5.41, 5.74) is 4.14. The van der Waals surface area contributed by atoms with E-state index in [0.29, 0.717) is 6.61 Å². The molecule has 0 saturated heterocycles. The molecule has 0 amide bonds. The molecule has 1 aliphatic carbocycles. The van der Waals surface area contributed by atoms with Crippen LogP contribution in [0.1, 0.15) is 36.0 Å². The number of nitrogens with zero attached hydrogens (tertiary/aromatic N) is 1. The highest BCUT2D eigenvalue weighted by atomic mass is 16.3. The van der Waals surface area contributed by atoms with Gasteiger partial charge < -0.3 is 5.11 Å². The van der Waals surface area contributed by atoms with E-state index in [1.165, 1.54) is 29.5 Å². The summed E-state index contributed by atoms with van der Waals surface area (Å²) < 4.78 is 0. The number of rotatable bonds is 6. The zero-order valence-corrected chi connectivity index (χ0v) is 10.9. The fourth-order valence-corrected chi connectivity index (χ4v) is 2.24. The van der Waals surface area contributed by atoms with Crippen LogP contribution >= 0.6 is 0 Å². The Morgan fingerprint density at radius 3 is 2.59 bits per heavy atom. The van der Waals surface area contributed by atoms with Crippen LogP contribution in [0.25, 0.3) is 0 Å². The summed E-state index contributed by atoms with van der Waals surface area (Å²) in [6.07, 6.45) is 3.55. The average molecular weight is 233 g/mol. The topological polar surface area (TPSA) is 23.5 Å². The summed E-state index contributed by atoms with van der Waals surface area (Å²) in [4.78, 5) is 2.51. The van der Waals surface area contributed by atoms with Crippen LogP contribution in [-0.2, 0) is 6.54 Å². The van der Waals surface area contributed by atoms with Gasteiger partial charge in [0.1, 0.15) is 0 Å². The Bertz CT molecular complexity index is 371. The van der Waals surface area contributed by atoms with Crippen molar-refractivity contribution in [1.29, 1.82) is 0 Å². The van der Waals surface area contributed by atoms with Gasteiger partial charge in [-0.2, -0.15) is 0 Å². The predicted molar refractivity (Wildman–Crippen MR) is 71.1 cm³/mol. The number of hydrogen-bond acceptors (Lipinski definition) is 2. The van der Waals surface area contributed by atoms with Gasteiger partial charge in [-0.25, -0.2) is 0 Å². The molecule has 1 aliphatic rings. The van der Waals surface area contributed by atoms with Crippen LogP contribution in [0.3, 0.4) is 0 Å². The number of aliphatic hydroxyl groups is 1. The Morgan fingerprint density at radius 2 is 2.00 bits per heavy atom. The molecule has 0 aliphatic heterocycles. The van der Waals surface area contributed by atoms with Gasteiger partial charge in [-0.15, -0.1) is 0 Å². The second-order valence-electron chi connectivity index (χ2n) is 5.20. The molecule has 17 heavy (non-hydrogen) atoms. The fourth-order valence-electron chi connectivity index (χ4n) is 2.24. The molecule has 0 aromatic heterocycles. The molecule has 1 saturated carbocycles. The van der Waals surface area contributed by atoms with Crippen molar-refractivity contribution >= 4 is 0 Å². The first-order valence-electron chi connectivity index (χ1n) is 6.61. The minimum absolute atomic E-state index is 0.302. The van der Waals surface area contributed by atoms with Gasteiger partial charge in [-0.1, -0.05) is 18.2 Å². The molecule has 0 spiro atoms. The summed E-state index contributed by atoms with van der Waals surface area (Å²) in [7, 11) is 0. The van der Waals surface area contributed by atoms with Crippen molar-refractivity contribution in [2.45, 2.75) is 45.7 Å². The molecular weight excluding hydrogens is 210 g/mol. The van der Waals surface area contributed by atoms with E-state index in [0.717, 1.165) is 25.6 Å². The van der Waals surface area contributed by atoms with Crippen molar-refractivity contribution in [3.05, 3.63) is 34.9 Å². The summed E-state index contributed by atoms with van der Waals surface area (Å²) in [5, 5.41) is 8.94. The second-order valence-corrected chi connectivity index (χ2v) is 5.20. The summed E-state index contributed by atoms with van der Waals surface area (Å²) in [6.45, 7) is 6.69. The Kier molecular flexibility index (Phi) is 4.19. The van der Waals surface area contributed by atoms with Crippen LogP contribution in [-0.4, -0.2) is 29.2 Å². The minimum Gasteiger partial charge on any atom is -0.396 e. The van der Waals surface area contributed by atoms with Crippen molar-refractivity contribution in [2.75, 3.05) is 13.2 Å². The average Bonchev–Trinajstić information content (AvgIpc) is 3.13. The monoisotopic (exact) mass is 233 g/mol. The zero-order valence-electron chi connectivity index (χ0n) is 10.9. The van der Waals surface area contributed by atoms with E-state index < -0.39 is 0 Å². The van der Waals surface area contributed by atoms with Crippen LogP contribution in [0.15, 0.2) is 18.2 Å². The zero-order chi connectivity index (χ0) is 12.3. The molecule has 1 aromatic rings. The normalized spacial score (nSPS) is 15.5. The maximum Gasteiger partial charge on any atom is 0.0443 e. The van der Waals surface area contributed by atoms with Gasteiger partial charge in [0.05, 0.1) is 0 Å². The first-order valence-corrected chi connectivity index (χ1v) is 6.61. The van der Waals surface area contributed by atoms with Crippen LogP contribution < -0.4 is 0 Å². The van der Waals surface area contributed by atoms with Gasteiger partial charge >= 0.3 is 0 Å². The van der Waals surface area contributed by atoms with Crippen LogP contribution in [0.5, 0.6) is 0 Å². The molecular formula is C15H23NO. The van der Waals surface area contributed by atoms with E-state index in [9.17, 15) is 0 Å². The first-order chi connectivity index (χ1) is 8.20. The molecule has 0 atom stereocenters. The van der Waals surface area contributed by atoms with Crippen molar-refractivity contribution in [3.8, 4) is 0 Å². The Balaban J connectivity index is 1.98. The Hall–Kier alpha value is -0.860. The molecule has 2 heteroatoms. The second kappa shape index (κ2) is 5.65. The fraction of sp³-hybridized carbons (Fsp3) is 0.600. The van der Waals surface area contributed by atoms with E-state index in [-0.39, 0.29) is 0 Å². The van der Waals surface area contributed by atoms with Crippen molar-refractivity contribution in [3.63, 3.8) is 0 Å². The molecule has 0 heterocycles. The molecule has 0 bridgehead atoms. The molecule has 0 unspecified atom stereocenters. The summed E-state index contributed by atoms with van der Waals surface area (Å²) in [5.74, 6) is 0. The van der Waals surface area contributed by atoms with Crippen molar-refractivity contribution in [1.82, 2.24) is 4.90 Å². The minimum atomic E-state index is 0.302. The largest absolute Gasteiger partial charge is 0.396 e. The Labute approximate surface area is 104 Å². The van der Waals surface area contributed by atoms with E-state index in [2.05, 4.69) is 36.9 Å². The van der Waals surface area contributed by atoms with Crippen LogP contribution in [0.4, 0.5) is 0 Å². The van der Waals surface area contributed by atoms with Crippen molar-refractivity contribution in [2.24, 2.45) is 0 Å². The van der Waals surface area contributed by atoms with E-state index >= 15 is 0 Å². The maximum atomic E-state index is 8.94. The molecule has 0 radical (unpaired) electrons. The highest BCUT2D eigenvalue weighted by Gasteiger charge is 2.28. The lowest BCUT2D eigenvalue weighted by Crippen LogP contribution is -2.27. The number of benzene rings is 1. The van der Waals surface area contributed by atoms with Gasteiger partial charge in [0, 0.05) is 25.7 Å². The lowest BCUT2D eigenvalue weighted by Gasteiger charge is -2.22. The lowest BCUT2D eigenvalue weighted by atomic mass is 10.1. The summed E-state index contributed by atoms with van der Waals surface area (Å²) in [6, 6.07) is 7.51. The molecule has 1 aromatic carbocycles. The smallest absolute Gasteiger partial charge is 0.0443 e. The van der Waals surface area contributed by atoms with E-state index in [1.54, 1.807) is 0 Å². The lowest BCUT2D eigenvalue weighted by molar-refractivity contribution is 0.211. The Morgan fingerprint density at radius 1 is 1.24 bits per heavy atom. The third-order valence-corrected chi connectivity index (χ3v) is 3.62. The predicted octanol–water partition coefficient (Wildman–Crippen LogP) is 2.65. The third kappa shape index (κ3) is 3.55. The first kappa shape index (κ1) is 12.6. The van der Waals surface area contributed by atoms with Gasteiger partial charge in [0.15, 0.2) is 0 Å². The van der Waals surface area contributed by atoms with Gasteiger partial charge in [0.2, 0.25) is 0 Å². The number of hydrogen-bond donors (Lipinski definition) is 1. The molecule has 1 fully saturated rings. The van der Waals surface area contributed by atoms with Crippen LogP contribution in [0.2, 0.25) is 0 Å². The SMILES string of the molecule is Cc1ccc(CN(CCCO)C2CC2)cc1C. The number of aliphatic hydroxyl groups excluding tert-OH is 1. The van der Waals surface area contributed by atoms with Crippen LogP contribution in [0, 0.1) is 13.8 Å². The van der Waals surface area contributed by atoms with Gasteiger partial charge in [-0.3, -0.25) is 4.90 Å². The van der Waals surface area contributed by atoms with E-state index in [4.69, 9.17) is 5.11 Å².